The number of pyridine rings is 1. The van der Waals surface area contributed by atoms with E-state index in [1.807, 2.05) is 0 Å². The van der Waals surface area contributed by atoms with E-state index in [2.05, 4.69) is 20.9 Å². The van der Waals surface area contributed by atoms with E-state index in [-0.39, 0.29) is 9.37 Å². The number of hydrogen-bond donors (Lipinski definition) is 0. The van der Waals surface area contributed by atoms with Gasteiger partial charge in [0.1, 0.15) is 6.08 Å². The van der Waals surface area contributed by atoms with Gasteiger partial charge in [0.15, 0.2) is 0 Å². The maximum atomic E-state index is 7.99. The average molecular weight is 254 g/mol. The Labute approximate surface area is 101 Å². The van der Waals surface area contributed by atoms with Gasteiger partial charge in [0, 0.05) is 39.3 Å². The zero-order valence-electron chi connectivity index (χ0n) is 17.2. The predicted octanol–water partition coefficient (Wildman–Crippen LogP) is 1.54. The number of likely N-dealkylation sites (tertiary alicyclic amines) is 1. The smallest absolute Gasteiger partial charge is 0.213 e. The van der Waals surface area contributed by atoms with Crippen LogP contribution in [-0.4, -0.2) is 35.9 Å². The SMILES string of the molecule is [2H]c1nc(OC2([2H])C([2H])([2H])N(C([2H])([2H])[2H])C2([2H])[2H])c([2H])c([2H])c1Br. The van der Waals surface area contributed by atoms with Crippen LogP contribution in [0.3, 0.4) is 0 Å². The maximum absolute atomic E-state index is 7.99. The molecule has 3 nitrogen and oxygen atoms in total. The van der Waals surface area contributed by atoms with Crippen molar-refractivity contribution in [2.75, 3.05) is 20.0 Å². The summed E-state index contributed by atoms with van der Waals surface area (Å²) in [6.45, 7) is -9.32. The van der Waals surface area contributed by atoms with Crippen molar-refractivity contribution in [3.8, 4) is 5.88 Å². The molecule has 0 aliphatic carbocycles. The number of halogens is 1. The summed E-state index contributed by atoms with van der Waals surface area (Å²) in [4.78, 5) is 3.38. The van der Waals surface area contributed by atoms with Crippen LogP contribution in [-0.2, 0) is 0 Å². The third kappa shape index (κ3) is 2.19. The molecule has 0 spiro atoms. The van der Waals surface area contributed by atoms with Crippen molar-refractivity contribution >= 4 is 15.9 Å². The second-order valence-electron chi connectivity index (χ2n) is 2.08. The first-order valence-corrected chi connectivity index (χ1v) is 4.01. The molecule has 1 saturated heterocycles. The molecule has 4 heteroatoms. The molecule has 13 heavy (non-hydrogen) atoms. The van der Waals surface area contributed by atoms with Gasteiger partial charge in [0.05, 0.1) is 5.48 Å². The summed E-state index contributed by atoms with van der Waals surface area (Å²) in [5, 5.41) is 0. The summed E-state index contributed by atoms with van der Waals surface area (Å²) in [7, 11) is 0. The number of nitrogens with zero attached hydrogens (tertiary/aromatic N) is 2. The van der Waals surface area contributed by atoms with Crippen LogP contribution in [0.1, 0.15) is 15.1 Å². The highest BCUT2D eigenvalue weighted by molar-refractivity contribution is 9.10. The Morgan fingerprint density at radius 2 is 2.77 bits per heavy atom. The number of aromatic nitrogens is 1. The second-order valence-corrected chi connectivity index (χ2v) is 2.88. The van der Waals surface area contributed by atoms with Gasteiger partial charge in [-0.05, 0) is 28.9 Å². The minimum absolute atomic E-state index is 0.119. The van der Waals surface area contributed by atoms with E-state index < -0.39 is 50.2 Å². The molecule has 0 atom stereocenters. The van der Waals surface area contributed by atoms with Crippen LogP contribution in [0.15, 0.2) is 22.7 Å². The van der Waals surface area contributed by atoms with Crippen molar-refractivity contribution < 1.29 is 19.8 Å². The van der Waals surface area contributed by atoms with Crippen LogP contribution >= 0.6 is 15.9 Å². The van der Waals surface area contributed by atoms with Crippen molar-refractivity contribution in [1.82, 2.24) is 9.88 Å². The topological polar surface area (TPSA) is 25.4 Å². The Kier molecular flexibility index (Phi) is 0.756. The first kappa shape index (κ1) is 2.70. The third-order valence-electron chi connectivity index (χ3n) is 1.16. The number of ether oxygens (including phenoxy) is 1. The molecule has 2 rings (SSSR count). The zero-order valence-corrected chi connectivity index (χ0v) is 7.77. The molecule has 0 bridgehead atoms. The van der Waals surface area contributed by atoms with Gasteiger partial charge in [-0.15, -0.1) is 0 Å². The molecular formula is C9H11BrN2O. The number of hydrogen-bond acceptors (Lipinski definition) is 3. The summed E-state index contributed by atoms with van der Waals surface area (Å²) in [6.07, 6.45) is -3.59. The molecule has 70 valence electrons. The lowest BCUT2D eigenvalue weighted by molar-refractivity contribution is 0.0355. The second kappa shape index (κ2) is 3.64. The van der Waals surface area contributed by atoms with Crippen molar-refractivity contribution in [3.63, 3.8) is 0 Å². The average Bonchev–Trinajstić information content (AvgIpc) is 2.39. The fourth-order valence-electron chi connectivity index (χ4n) is 0.658. The molecule has 0 saturated carbocycles. The molecule has 0 amide bonds. The van der Waals surface area contributed by atoms with Gasteiger partial charge >= 0.3 is 0 Å². The van der Waals surface area contributed by atoms with E-state index in [0.717, 1.165) is 0 Å². The van der Waals surface area contributed by atoms with E-state index in [9.17, 15) is 0 Å². The van der Waals surface area contributed by atoms with E-state index in [1.165, 1.54) is 0 Å². The highest BCUT2D eigenvalue weighted by atomic mass is 79.9. The van der Waals surface area contributed by atoms with E-state index >= 15 is 0 Å². The monoisotopic (exact) mass is 253 g/mol. The predicted molar refractivity (Wildman–Crippen MR) is 53.9 cm³/mol. The maximum Gasteiger partial charge on any atom is 0.213 e. The van der Waals surface area contributed by atoms with Gasteiger partial charge in [-0.3, -0.25) is 4.90 Å². The molecule has 0 radical (unpaired) electrons. The third-order valence-corrected chi connectivity index (χ3v) is 1.54. The molecular weight excluding hydrogens is 232 g/mol. The quantitative estimate of drug-likeness (QED) is 0.800. The Balaban J connectivity index is 2.51. The van der Waals surface area contributed by atoms with E-state index in [1.54, 1.807) is 0 Å². The van der Waals surface area contributed by atoms with Gasteiger partial charge in [-0.2, -0.15) is 0 Å². The van der Waals surface area contributed by atoms with E-state index in [4.69, 9.17) is 19.8 Å². The van der Waals surface area contributed by atoms with Crippen LogP contribution in [0.4, 0.5) is 0 Å². The van der Waals surface area contributed by atoms with E-state index in [0.29, 0.717) is 0 Å². The molecule has 1 fully saturated rings. The lowest BCUT2D eigenvalue weighted by atomic mass is 10.2. The lowest BCUT2D eigenvalue weighted by Gasteiger charge is -2.35. The van der Waals surface area contributed by atoms with Crippen LogP contribution in [0.5, 0.6) is 5.88 Å². The Bertz CT molecular complexity index is 675. The largest absolute Gasteiger partial charge is 0.472 e. The van der Waals surface area contributed by atoms with Crippen molar-refractivity contribution in [2.24, 2.45) is 0 Å². The van der Waals surface area contributed by atoms with Crippen LogP contribution in [0.2, 0.25) is 0 Å². The van der Waals surface area contributed by atoms with Crippen LogP contribution in [0, 0.1) is 0 Å². The van der Waals surface area contributed by atoms with Crippen molar-refractivity contribution in [1.29, 1.82) is 0 Å². The number of likely N-dealkylation sites (N-methyl/N-ethyl adjacent to an activating group) is 1. The first-order valence-electron chi connectivity index (χ1n) is 8.72. The molecule has 2 heterocycles. The van der Waals surface area contributed by atoms with Crippen LogP contribution in [0.25, 0.3) is 0 Å². The summed E-state index contributed by atoms with van der Waals surface area (Å²) in [5.41, 5.74) is 0. The first-order chi connectivity index (χ1) is 10.6. The minimum Gasteiger partial charge on any atom is -0.472 e. The number of rotatable bonds is 2. The zero-order chi connectivity index (χ0) is 18.9. The fourth-order valence-corrected chi connectivity index (χ4v) is 0.846. The summed E-state index contributed by atoms with van der Waals surface area (Å²) < 4.78 is 88.3. The summed E-state index contributed by atoms with van der Waals surface area (Å²) in [6, 6.07) is -1.20. The normalized spacial score (nSPS) is 41.8. The fraction of sp³-hybridized carbons (Fsp3) is 0.444. The Hall–Kier alpha value is -0.610. The van der Waals surface area contributed by atoms with Crippen LogP contribution < -0.4 is 4.74 Å². The highest BCUT2D eigenvalue weighted by Crippen LogP contribution is 2.16. The Morgan fingerprint density at radius 3 is 3.54 bits per heavy atom. The van der Waals surface area contributed by atoms with Gasteiger partial charge in [-0.25, -0.2) is 4.98 Å². The standard InChI is InChI=1S/C9H11BrN2O/c1-12-5-8(6-12)13-9-3-2-7(10)4-11-9/h2-4,8H,5-6H2,1H3/i1D3,2D,3D,4D,5D2,6D2,8D. The molecule has 1 aliphatic rings. The van der Waals surface area contributed by atoms with Gasteiger partial charge < -0.3 is 4.74 Å². The molecule has 1 aromatic rings. The molecule has 0 unspecified atom stereocenters. The highest BCUT2D eigenvalue weighted by Gasteiger charge is 2.24. The Morgan fingerprint density at radius 1 is 1.92 bits per heavy atom. The molecule has 1 aromatic heterocycles. The summed E-state index contributed by atoms with van der Waals surface area (Å²) >= 11 is 2.86. The molecule has 0 aromatic carbocycles. The van der Waals surface area contributed by atoms with Gasteiger partial charge in [-0.1, -0.05) is 0 Å². The summed E-state index contributed by atoms with van der Waals surface area (Å²) in [5.74, 6) is -0.804. The molecule has 0 N–H and O–H groups in total. The van der Waals surface area contributed by atoms with Crippen molar-refractivity contribution in [2.45, 2.75) is 6.08 Å². The van der Waals surface area contributed by atoms with Crippen molar-refractivity contribution in [3.05, 3.63) is 22.7 Å². The van der Waals surface area contributed by atoms with Gasteiger partial charge in [0.25, 0.3) is 0 Å². The van der Waals surface area contributed by atoms with Gasteiger partial charge in [0.2, 0.25) is 5.88 Å². The lowest BCUT2D eigenvalue weighted by Crippen LogP contribution is -2.51. The molecule has 1 aliphatic heterocycles. The minimum atomic E-state index is -3.17.